The molecule has 0 N–H and O–H groups in total. The molecular formula is C13H19BrN2. The van der Waals surface area contributed by atoms with Gasteiger partial charge in [-0.2, -0.15) is 0 Å². The van der Waals surface area contributed by atoms with Crippen LogP contribution in [0.1, 0.15) is 31.2 Å². The number of rotatable bonds is 2. The highest BCUT2D eigenvalue weighted by atomic mass is 79.9. The summed E-state index contributed by atoms with van der Waals surface area (Å²) in [4.78, 5) is 7.44. The van der Waals surface area contributed by atoms with E-state index in [4.69, 9.17) is 0 Å². The second-order valence-electron chi connectivity index (χ2n) is 4.62. The van der Waals surface area contributed by atoms with Crippen LogP contribution in [0.2, 0.25) is 0 Å². The normalized spacial score (nSPS) is 25.4. The summed E-state index contributed by atoms with van der Waals surface area (Å²) < 4.78 is 0. The van der Waals surface area contributed by atoms with Crippen molar-refractivity contribution < 1.29 is 0 Å². The van der Waals surface area contributed by atoms with Crippen LogP contribution < -0.4 is 4.90 Å². The van der Waals surface area contributed by atoms with Crippen molar-refractivity contribution in [2.24, 2.45) is 0 Å². The lowest BCUT2D eigenvalue weighted by Crippen LogP contribution is -2.41. The molecule has 0 bridgehead atoms. The van der Waals surface area contributed by atoms with Crippen LogP contribution in [0.5, 0.6) is 0 Å². The molecular weight excluding hydrogens is 264 g/mol. The molecule has 0 aliphatic heterocycles. The molecule has 2 rings (SSSR count). The zero-order chi connectivity index (χ0) is 11.5. The Bertz CT molecular complexity index is 354. The number of hydrogen-bond donors (Lipinski definition) is 0. The van der Waals surface area contributed by atoms with Crippen LogP contribution >= 0.6 is 15.9 Å². The first-order valence-electron chi connectivity index (χ1n) is 5.98. The third-order valence-corrected chi connectivity index (χ3v) is 4.53. The van der Waals surface area contributed by atoms with Crippen molar-refractivity contribution in [3.8, 4) is 0 Å². The summed E-state index contributed by atoms with van der Waals surface area (Å²) >= 11 is 3.81. The van der Waals surface area contributed by atoms with E-state index in [0.717, 1.165) is 5.82 Å². The van der Waals surface area contributed by atoms with Crippen molar-refractivity contribution in [1.82, 2.24) is 4.98 Å². The molecule has 1 fully saturated rings. The molecule has 2 nitrogen and oxygen atoms in total. The molecule has 88 valence electrons. The van der Waals surface area contributed by atoms with Gasteiger partial charge in [-0.25, -0.2) is 4.98 Å². The summed E-state index contributed by atoms with van der Waals surface area (Å²) in [6.45, 7) is 2.13. The first-order chi connectivity index (χ1) is 7.70. The van der Waals surface area contributed by atoms with Crippen LogP contribution in [0.3, 0.4) is 0 Å². The van der Waals surface area contributed by atoms with Crippen LogP contribution in [0.4, 0.5) is 5.82 Å². The summed E-state index contributed by atoms with van der Waals surface area (Å²) in [5.41, 5.74) is 1.26. The summed E-state index contributed by atoms with van der Waals surface area (Å²) in [5, 5.41) is 0. The number of anilines is 1. The van der Waals surface area contributed by atoms with Gasteiger partial charge in [0.05, 0.1) is 0 Å². The minimum absolute atomic E-state index is 0.586. The Kier molecular flexibility index (Phi) is 3.85. The highest BCUT2D eigenvalue weighted by Crippen LogP contribution is 2.30. The lowest BCUT2D eigenvalue weighted by Gasteiger charge is -2.36. The number of aryl methyl sites for hydroxylation is 1. The third kappa shape index (κ3) is 2.40. The lowest BCUT2D eigenvalue weighted by atomic mass is 9.94. The average Bonchev–Trinajstić information content (AvgIpc) is 2.29. The van der Waals surface area contributed by atoms with Gasteiger partial charge in [0.25, 0.3) is 0 Å². The molecule has 1 aromatic heterocycles. The van der Waals surface area contributed by atoms with E-state index in [1.807, 2.05) is 12.3 Å². The molecule has 0 amide bonds. The molecule has 1 aliphatic rings. The fourth-order valence-electron chi connectivity index (χ4n) is 2.51. The van der Waals surface area contributed by atoms with E-state index in [9.17, 15) is 0 Å². The van der Waals surface area contributed by atoms with Crippen molar-refractivity contribution in [2.75, 3.05) is 11.9 Å². The van der Waals surface area contributed by atoms with Gasteiger partial charge in [0, 0.05) is 24.1 Å². The number of aromatic nitrogens is 1. The number of hydrogen-bond acceptors (Lipinski definition) is 2. The Morgan fingerprint density at radius 3 is 2.81 bits per heavy atom. The highest BCUT2D eigenvalue weighted by molar-refractivity contribution is 9.09. The maximum atomic E-state index is 4.49. The molecule has 0 aromatic carbocycles. The van der Waals surface area contributed by atoms with E-state index in [-0.39, 0.29) is 0 Å². The Balaban J connectivity index is 2.17. The summed E-state index contributed by atoms with van der Waals surface area (Å²) in [6.07, 6.45) is 7.11. The lowest BCUT2D eigenvalue weighted by molar-refractivity contribution is 0.442. The van der Waals surface area contributed by atoms with Gasteiger partial charge in [0.15, 0.2) is 0 Å². The summed E-state index contributed by atoms with van der Waals surface area (Å²) in [6, 6.07) is 4.71. The van der Waals surface area contributed by atoms with Crippen molar-refractivity contribution in [2.45, 2.75) is 43.5 Å². The molecule has 1 aromatic rings. The highest BCUT2D eigenvalue weighted by Gasteiger charge is 2.27. The number of alkyl halides is 1. The molecule has 2 unspecified atom stereocenters. The fourth-order valence-corrected chi connectivity index (χ4v) is 3.45. The minimum Gasteiger partial charge on any atom is -0.355 e. The van der Waals surface area contributed by atoms with E-state index in [1.54, 1.807) is 0 Å². The average molecular weight is 283 g/mol. The van der Waals surface area contributed by atoms with E-state index in [0.29, 0.717) is 10.9 Å². The van der Waals surface area contributed by atoms with Gasteiger partial charge in [-0.3, -0.25) is 0 Å². The van der Waals surface area contributed by atoms with E-state index < -0.39 is 0 Å². The van der Waals surface area contributed by atoms with Crippen molar-refractivity contribution >= 4 is 21.7 Å². The van der Waals surface area contributed by atoms with Crippen LogP contribution in [0.15, 0.2) is 18.3 Å². The first kappa shape index (κ1) is 11.9. The molecule has 0 radical (unpaired) electrons. The fraction of sp³-hybridized carbons (Fsp3) is 0.615. The predicted octanol–water partition coefficient (Wildman–Crippen LogP) is 3.53. The molecule has 16 heavy (non-hydrogen) atoms. The SMILES string of the molecule is Cc1cccnc1N(C)C1CCCCC1Br. The summed E-state index contributed by atoms with van der Waals surface area (Å²) in [7, 11) is 2.17. The molecule has 0 saturated heterocycles. The minimum atomic E-state index is 0.586. The van der Waals surface area contributed by atoms with Crippen molar-refractivity contribution in [3.05, 3.63) is 23.9 Å². The van der Waals surface area contributed by atoms with Gasteiger partial charge in [0.1, 0.15) is 5.82 Å². The Morgan fingerprint density at radius 2 is 2.12 bits per heavy atom. The van der Waals surface area contributed by atoms with E-state index in [2.05, 4.69) is 45.9 Å². The number of pyridine rings is 1. The van der Waals surface area contributed by atoms with Gasteiger partial charge >= 0.3 is 0 Å². The smallest absolute Gasteiger partial charge is 0.131 e. The first-order valence-corrected chi connectivity index (χ1v) is 6.90. The van der Waals surface area contributed by atoms with Gasteiger partial charge < -0.3 is 4.90 Å². The van der Waals surface area contributed by atoms with Gasteiger partial charge in [0.2, 0.25) is 0 Å². The zero-order valence-corrected chi connectivity index (χ0v) is 11.6. The van der Waals surface area contributed by atoms with Crippen molar-refractivity contribution in [1.29, 1.82) is 0 Å². The Hall–Kier alpha value is -0.570. The Labute approximate surface area is 106 Å². The second kappa shape index (κ2) is 5.17. The second-order valence-corrected chi connectivity index (χ2v) is 5.80. The monoisotopic (exact) mass is 282 g/mol. The molecule has 1 saturated carbocycles. The number of halogens is 1. The zero-order valence-electron chi connectivity index (χ0n) is 9.99. The van der Waals surface area contributed by atoms with Crippen LogP contribution in [0, 0.1) is 6.92 Å². The number of nitrogens with zero attached hydrogens (tertiary/aromatic N) is 2. The van der Waals surface area contributed by atoms with Crippen LogP contribution in [0.25, 0.3) is 0 Å². The van der Waals surface area contributed by atoms with Crippen LogP contribution in [-0.2, 0) is 0 Å². The molecule has 0 spiro atoms. The van der Waals surface area contributed by atoms with Gasteiger partial charge in [-0.05, 0) is 31.4 Å². The standard InChI is InChI=1S/C13H19BrN2/c1-10-6-5-9-15-13(10)16(2)12-8-4-3-7-11(12)14/h5-6,9,11-12H,3-4,7-8H2,1-2H3. The van der Waals surface area contributed by atoms with E-state index in [1.165, 1.54) is 31.2 Å². The quantitative estimate of drug-likeness (QED) is 0.772. The molecule has 1 aliphatic carbocycles. The van der Waals surface area contributed by atoms with Gasteiger partial charge in [-0.15, -0.1) is 0 Å². The van der Waals surface area contributed by atoms with Crippen molar-refractivity contribution in [3.63, 3.8) is 0 Å². The predicted molar refractivity (Wildman–Crippen MR) is 72.3 cm³/mol. The Morgan fingerprint density at radius 1 is 1.38 bits per heavy atom. The molecule has 1 heterocycles. The third-order valence-electron chi connectivity index (χ3n) is 3.46. The molecule has 3 heteroatoms. The van der Waals surface area contributed by atoms with E-state index >= 15 is 0 Å². The summed E-state index contributed by atoms with van der Waals surface area (Å²) in [5.74, 6) is 1.12. The largest absolute Gasteiger partial charge is 0.355 e. The maximum Gasteiger partial charge on any atom is 0.131 e. The van der Waals surface area contributed by atoms with Gasteiger partial charge in [-0.1, -0.05) is 34.8 Å². The van der Waals surface area contributed by atoms with Crippen LogP contribution in [-0.4, -0.2) is 22.9 Å². The maximum absolute atomic E-state index is 4.49. The molecule has 2 atom stereocenters. The topological polar surface area (TPSA) is 16.1 Å².